The van der Waals surface area contributed by atoms with E-state index in [1.165, 1.54) is 0 Å². The van der Waals surface area contributed by atoms with Crippen LogP contribution in [0.1, 0.15) is 5.56 Å². The van der Waals surface area contributed by atoms with Gasteiger partial charge in [0.15, 0.2) is 13.2 Å². The van der Waals surface area contributed by atoms with Crippen molar-refractivity contribution in [2.24, 2.45) is 0 Å². The fraction of sp³-hybridized carbons (Fsp3) is 0.222. The number of halogens is 3. The highest BCUT2D eigenvalue weighted by molar-refractivity contribution is 6.35. The van der Waals surface area contributed by atoms with Crippen LogP contribution in [0.2, 0.25) is 15.1 Å². The van der Waals surface area contributed by atoms with Gasteiger partial charge < -0.3 is 14.8 Å². The molecule has 0 heterocycles. The molecule has 0 atom stereocenters. The van der Waals surface area contributed by atoms with Gasteiger partial charge in [-0.25, -0.2) is 4.79 Å². The summed E-state index contributed by atoms with van der Waals surface area (Å²) in [5.74, 6) is -0.568. The van der Waals surface area contributed by atoms with Crippen molar-refractivity contribution in [3.05, 3.63) is 63.1 Å². The number of hydrogen-bond donors (Lipinski definition) is 1. The van der Waals surface area contributed by atoms with Crippen LogP contribution in [0.3, 0.4) is 0 Å². The van der Waals surface area contributed by atoms with Crippen molar-refractivity contribution in [1.29, 1.82) is 0 Å². The fourth-order valence-electron chi connectivity index (χ4n) is 1.97. The fourth-order valence-corrected chi connectivity index (χ4v) is 2.60. The normalized spacial score (nSPS) is 10.3. The van der Waals surface area contributed by atoms with E-state index in [2.05, 4.69) is 5.32 Å². The molecule has 2 aromatic carbocycles. The number of nitrogens with one attached hydrogen (secondary N) is 1. The summed E-state index contributed by atoms with van der Waals surface area (Å²) < 4.78 is 10.1. The number of benzene rings is 2. The van der Waals surface area contributed by atoms with E-state index in [0.717, 1.165) is 5.56 Å². The minimum Gasteiger partial charge on any atom is -0.482 e. The van der Waals surface area contributed by atoms with E-state index in [1.807, 2.05) is 0 Å². The molecule has 0 aliphatic rings. The zero-order valence-electron chi connectivity index (χ0n) is 13.6. The van der Waals surface area contributed by atoms with E-state index >= 15 is 0 Å². The van der Waals surface area contributed by atoms with Gasteiger partial charge in [0.1, 0.15) is 5.75 Å². The van der Waals surface area contributed by atoms with E-state index in [1.54, 1.807) is 42.5 Å². The molecule has 1 amide bonds. The van der Waals surface area contributed by atoms with E-state index < -0.39 is 11.9 Å². The summed E-state index contributed by atoms with van der Waals surface area (Å²) in [5.41, 5.74) is 0.865. The number of esters is 1. The van der Waals surface area contributed by atoms with E-state index in [-0.39, 0.29) is 13.2 Å². The van der Waals surface area contributed by atoms with Crippen molar-refractivity contribution >= 4 is 46.7 Å². The number of amides is 1. The molecular weight excluding hydrogens is 401 g/mol. The first kappa shape index (κ1) is 20.4. The van der Waals surface area contributed by atoms with Crippen LogP contribution in [0.25, 0.3) is 0 Å². The molecule has 5 nitrogen and oxygen atoms in total. The molecule has 2 aromatic rings. The molecule has 0 spiro atoms. The van der Waals surface area contributed by atoms with Crippen LogP contribution in [0, 0.1) is 0 Å². The summed E-state index contributed by atoms with van der Waals surface area (Å²) in [6, 6.07) is 11.7. The lowest BCUT2D eigenvalue weighted by molar-refractivity contribution is -0.150. The van der Waals surface area contributed by atoms with Gasteiger partial charge in [0.05, 0.1) is 0 Å². The maximum absolute atomic E-state index is 11.7. The molecule has 0 fully saturated rings. The van der Waals surface area contributed by atoms with Crippen molar-refractivity contribution in [1.82, 2.24) is 5.32 Å². The van der Waals surface area contributed by atoms with Crippen LogP contribution in [0.4, 0.5) is 0 Å². The molecule has 0 aromatic heterocycles. The summed E-state index contributed by atoms with van der Waals surface area (Å²) in [7, 11) is 0. The molecule has 1 N–H and O–H groups in total. The first-order valence-corrected chi connectivity index (χ1v) is 8.82. The average Bonchev–Trinajstić information content (AvgIpc) is 2.61. The lowest BCUT2D eigenvalue weighted by atomic mass is 10.1. The third-order valence-corrected chi connectivity index (χ3v) is 4.11. The quantitative estimate of drug-likeness (QED) is 0.662. The standard InChI is InChI=1S/C18H16Cl3NO4/c19-13-3-5-15(6-4-13)25-11-18(24)26-10-17(23)22-8-7-12-1-2-14(20)9-16(12)21/h1-6,9H,7-8,10-11H2,(H,22,23). The zero-order valence-corrected chi connectivity index (χ0v) is 15.9. The van der Waals surface area contributed by atoms with Gasteiger partial charge in [-0.2, -0.15) is 0 Å². The largest absolute Gasteiger partial charge is 0.482 e. The van der Waals surface area contributed by atoms with Gasteiger partial charge in [0.2, 0.25) is 0 Å². The van der Waals surface area contributed by atoms with Gasteiger partial charge in [-0.15, -0.1) is 0 Å². The Hall–Kier alpha value is -1.95. The molecule has 0 saturated heterocycles. The maximum atomic E-state index is 11.7. The van der Waals surface area contributed by atoms with Crippen LogP contribution in [-0.4, -0.2) is 31.6 Å². The molecule has 26 heavy (non-hydrogen) atoms. The second kappa shape index (κ2) is 10.3. The third-order valence-electron chi connectivity index (χ3n) is 3.27. The van der Waals surface area contributed by atoms with Gasteiger partial charge in [-0.1, -0.05) is 40.9 Å². The molecule has 0 saturated carbocycles. The molecular formula is C18H16Cl3NO4. The SMILES string of the molecule is O=C(COC(=O)COc1ccc(Cl)cc1)NCCc1ccc(Cl)cc1Cl. The predicted molar refractivity (Wildman–Crippen MR) is 101 cm³/mol. The Morgan fingerprint density at radius 3 is 2.31 bits per heavy atom. The van der Waals surface area contributed by atoms with Crippen molar-refractivity contribution in [2.45, 2.75) is 6.42 Å². The molecule has 138 valence electrons. The lowest BCUT2D eigenvalue weighted by Crippen LogP contribution is -2.31. The van der Waals surface area contributed by atoms with Crippen LogP contribution in [-0.2, 0) is 20.7 Å². The lowest BCUT2D eigenvalue weighted by Gasteiger charge is -2.09. The van der Waals surface area contributed by atoms with Crippen molar-refractivity contribution in [3.8, 4) is 5.75 Å². The molecule has 8 heteroatoms. The Labute approximate surface area is 166 Å². The Kier molecular flexibility index (Phi) is 8.04. The first-order valence-electron chi connectivity index (χ1n) is 7.68. The Bertz CT molecular complexity index is 766. The smallest absolute Gasteiger partial charge is 0.344 e. The molecule has 0 radical (unpaired) electrons. The van der Waals surface area contributed by atoms with E-state index in [0.29, 0.717) is 33.8 Å². The monoisotopic (exact) mass is 415 g/mol. The Morgan fingerprint density at radius 2 is 1.62 bits per heavy atom. The highest BCUT2D eigenvalue weighted by Gasteiger charge is 2.09. The topological polar surface area (TPSA) is 64.6 Å². The van der Waals surface area contributed by atoms with Gasteiger partial charge >= 0.3 is 5.97 Å². The number of rotatable bonds is 8. The summed E-state index contributed by atoms with van der Waals surface area (Å²) in [6.45, 7) is -0.314. The Morgan fingerprint density at radius 1 is 0.923 bits per heavy atom. The summed E-state index contributed by atoms with van der Waals surface area (Å²) in [5, 5.41) is 4.30. The van der Waals surface area contributed by atoms with Crippen molar-refractivity contribution in [2.75, 3.05) is 19.8 Å². The van der Waals surface area contributed by atoms with Gasteiger partial charge in [0.25, 0.3) is 5.91 Å². The van der Waals surface area contributed by atoms with Crippen LogP contribution in [0.5, 0.6) is 5.75 Å². The Balaban J connectivity index is 1.63. The van der Waals surface area contributed by atoms with Crippen molar-refractivity contribution in [3.63, 3.8) is 0 Å². The first-order chi connectivity index (χ1) is 12.4. The van der Waals surface area contributed by atoms with E-state index in [4.69, 9.17) is 44.3 Å². The minimum absolute atomic E-state index is 0.296. The number of ether oxygens (including phenoxy) is 2. The number of carbonyl (C=O) groups is 2. The molecule has 0 unspecified atom stereocenters. The maximum Gasteiger partial charge on any atom is 0.344 e. The highest BCUT2D eigenvalue weighted by atomic mass is 35.5. The van der Waals surface area contributed by atoms with Gasteiger partial charge in [-0.05, 0) is 48.4 Å². The second-order valence-electron chi connectivity index (χ2n) is 5.24. The van der Waals surface area contributed by atoms with Crippen molar-refractivity contribution < 1.29 is 19.1 Å². The van der Waals surface area contributed by atoms with Gasteiger partial charge in [0, 0.05) is 21.6 Å². The second-order valence-corrected chi connectivity index (χ2v) is 6.52. The zero-order chi connectivity index (χ0) is 18.9. The molecule has 0 bridgehead atoms. The van der Waals surface area contributed by atoms with Gasteiger partial charge in [-0.3, -0.25) is 4.79 Å². The molecule has 0 aliphatic carbocycles. The summed E-state index contributed by atoms with van der Waals surface area (Å²) >= 11 is 17.6. The minimum atomic E-state index is -0.643. The van der Waals surface area contributed by atoms with Crippen LogP contribution < -0.4 is 10.1 Å². The van der Waals surface area contributed by atoms with Crippen LogP contribution in [0.15, 0.2) is 42.5 Å². The molecule has 2 rings (SSSR count). The average molecular weight is 417 g/mol. The van der Waals surface area contributed by atoms with Crippen LogP contribution >= 0.6 is 34.8 Å². The predicted octanol–water partition coefficient (Wildman–Crippen LogP) is 3.93. The molecule has 0 aliphatic heterocycles. The summed E-state index contributed by atoms with van der Waals surface area (Å²) in [4.78, 5) is 23.3. The summed E-state index contributed by atoms with van der Waals surface area (Å²) in [6.07, 6.45) is 0.537. The van der Waals surface area contributed by atoms with E-state index in [9.17, 15) is 9.59 Å². The third kappa shape index (κ3) is 7.12. The number of carbonyl (C=O) groups excluding carboxylic acids is 2. The number of hydrogen-bond acceptors (Lipinski definition) is 4. The highest BCUT2D eigenvalue weighted by Crippen LogP contribution is 2.21.